The van der Waals surface area contributed by atoms with Gasteiger partial charge in [-0.3, -0.25) is 0 Å². The van der Waals surface area contributed by atoms with Gasteiger partial charge in [0.2, 0.25) is 0 Å². The van der Waals surface area contributed by atoms with Crippen LogP contribution in [0.2, 0.25) is 0 Å². The van der Waals surface area contributed by atoms with Gasteiger partial charge in [0, 0.05) is 25.7 Å². The second-order valence-electron chi connectivity index (χ2n) is 4.20. The molecule has 0 radical (unpaired) electrons. The maximum Gasteiger partial charge on any atom is 0.0667 e. The third kappa shape index (κ3) is 4.07. The Bertz CT molecular complexity index is 139. The Hall–Kier alpha value is -0.120. The largest absolute Gasteiger partial charge is 0.380 e. The van der Waals surface area contributed by atoms with Gasteiger partial charge < -0.3 is 15.8 Å². The van der Waals surface area contributed by atoms with Crippen LogP contribution in [0.25, 0.3) is 0 Å². The molecule has 3 heteroatoms. The van der Waals surface area contributed by atoms with Crippen LogP contribution in [0.15, 0.2) is 0 Å². The molecule has 0 aromatic heterocycles. The van der Waals surface area contributed by atoms with Gasteiger partial charge in [-0.05, 0) is 19.8 Å². The van der Waals surface area contributed by atoms with Crippen molar-refractivity contribution in [1.82, 2.24) is 5.32 Å². The summed E-state index contributed by atoms with van der Waals surface area (Å²) in [6, 6.07) is 0. The van der Waals surface area contributed by atoms with Crippen LogP contribution in [0.1, 0.15) is 27.7 Å². The van der Waals surface area contributed by atoms with E-state index in [2.05, 4.69) is 26.1 Å². The molecule has 0 aromatic carbocycles. The Morgan fingerprint density at radius 2 is 1.92 bits per heavy atom. The van der Waals surface area contributed by atoms with E-state index in [0.29, 0.717) is 12.5 Å². The van der Waals surface area contributed by atoms with Crippen molar-refractivity contribution in [1.29, 1.82) is 0 Å². The molecule has 0 heterocycles. The molecule has 0 aliphatic heterocycles. The minimum absolute atomic E-state index is 0.0206. The minimum Gasteiger partial charge on any atom is -0.380 e. The lowest BCUT2D eigenvalue weighted by Gasteiger charge is -2.34. The highest BCUT2D eigenvalue weighted by Gasteiger charge is 2.26. The average Bonchev–Trinajstić information content (AvgIpc) is 2.13. The van der Waals surface area contributed by atoms with Gasteiger partial charge >= 0.3 is 0 Å². The molecule has 13 heavy (non-hydrogen) atoms. The van der Waals surface area contributed by atoms with Crippen LogP contribution in [0.5, 0.6) is 0 Å². The van der Waals surface area contributed by atoms with E-state index in [1.165, 1.54) is 0 Å². The molecule has 80 valence electrons. The zero-order chi connectivity index (χ0) is 10.5. The lowest BCUT2D eigenvalue weighted by Crippen LogP contribution is -2.54. The quantitative estimate of drug-likeness (QED) is 0.653. The van der Waals surface area contributed by atoms with Crippen molar-refractivity contribution >= 4 is 0 Å². The molecule has 2 unspecified atom stereocenters. The molecule has 0 saturated heterocycles. The number of hydrogen-bond donors (Lipinski definition) is 2. The normalized spacial score (nSPS) is 18.7. The second-order valence-corrected chi connectivity index (χ2v) is 4.20. The monoisotopic (exact) mass is 188 g/mol. The van der Waals surface area contributed by atoms with Gasteiger partial charge in [-0.25, -0.2) is 0 Å². The summed E-state index contributed by atoms with van der Waals surface area (Å²) >= 11 is 0. The van der Waals surface area contributed by atoms with E-state index >= 15 is 0 Å². The van der Waals surface area contributed by atoms with Crippen molar-refractivity contribution in [3.8, 4) is 0 Å². The predicted octanol–water partition coefficient (Wildman–Crippen LogP) is 0.984. The summed E-state index contributed by atoms with van der Waals surface area (Å²) in [5.74, 6) is 0.529. The van der Waals surface area contributed by atoms with E-state index < -0.39 is 0 Å². The van der Waals surface area contributed by atoms with Gasteiger partial charge in [-0.1, -0.05) is 13.8 Å². The smallest absolute Gasteiger partial charge is 0.0667 e. The fourth-order valence-corrected chi connectivity index (χ4v) is 0.972. The standard InChI is InChI=1S/C10H24N2O/c1-8(2)10(4,7-11)12-6-9(3)13-5/h8-9,12H,6-7,11H2,1-5H3. The van der Waals surface area contributed by atoms with Crippen molar-refractivity contribution in [3.63, 3.8) is 0 Å². The highest BCUT2D eigenvalue weighted by Crippen LogP contribution is 2.14. The molecular formula is C10H24N2O. The number of methoxy groups -OCH3 is 1. The molecule has 0 fully saturated rings. The fraction of sp³-hybridized carbons (Fsp3) is 1.00. The number of ether oxygens (including phenoxy) is 1. The number of nitrogens with one attached hydrogen (secondary N) is 1. The van der Waals surface area contributed by atoms with E-state index in [0.717, 1.165) is 6.54 Å². The first-order valence-corrected chi connectivity index (χ1v) is 4.94. The summed E-state index contributed by atoms with van der Waals surface area (Å²) in [4.78, 5) is 0. The maximum atomic E-state index is 5.73. The summed E-state index contributed by atoms with van der Waals surface area (Å²) in [5.41, 5.74) is 5.75. The molecule has 3 nitrogen and oxygen atoms in total. The van der Waals surface area contributed by atoms with E-state index in [9.17, 15) is 0 Å². The molecule has 0 rings (SSSR count). The Kier molecular flexibility index (Phi) is 5.53. The van der Waals surface area contributed by atoms with Crippen LogP contribution in [0, 0.1) is 5.92 Å². The van der Waals surface area contributed by atoms with E-state index in [4.69, 9.17) is 10.5 Å². The van der Waals surface area contributed by atoms with Gasteiger partial charge in [-0.15, -0.1) is 0 Å². The lowest BCUT2D eigenvalue weighted by atomic mass is 9.88. The summed E-state index contributed by atoms with van der Waals surface area (Å²) in [6.07, 6.45) is 0.240. The maximum absolute atomic E-state index is 5.73. The molecule has 0 aromatic rings. The van der Waals surface area contributed by atoms with Crippen molar-refractivity contribution in [3.05, 3.63) is 0 Å². The second kappa shape index (κ2) is 5.58. The Morgan fingerprint density at radius 1 is 1.38 bits per heavy atom. The Labute approximate surface area is 82.0 Å². The molecule has 0 aliphatic rings. The van der Waals surface area contributed by atoms with Crippen LogP contribution in [-0.4, -0.2) is 31.8 Å². The summed E-state index contributed by atoms with van der Waals surface area (Å²) in [7, 11) is 1.72. The summed E-state index contributed by atoms with van der Waals surface area (Å²) in [5, 5.41) is 3.45. The topological polar surface area (TPSA) is 47.3 Å². The van der Waals surface area contributed by atoms with Gasteiger partial charge in [-0.2, -0.15) is 0 Å². The first kappa shape index (κ1) is 12.9. The van der Waals surface area contributed by atoms with E-state index in [1.807, 2.05) is 6.92 Å². The highest BCUT2D eigenvalue weighted by molar-refractivity contribution is 4.87. The third-order valence-electron chi connectivity index (χ3n) is 2.89. The molecule has 0 bridgehead atoms. The highest BCUT2D eigenvalue weighted by atomic mass is 16.5. The molecule has 0 spiro atoms. The lowest BCUT2D eigenvalue weighted by molar-refractivity contribution is 0.103. The van der Waals surface area contributed by atoms with Gasteiger partial charge in [0.15, 0.2) is 0 Å². The zero-order valence-corrected chi connectivity index (χ0v) is 9.55. The van der Waals surface area contributed by atoms with E-state index in [1.54, 1.807) is 7.11 Å². The summed E-state index contributed by atoms with van der Waals surface area (Å²) < 4.78 is 5.17. The molecule has 0 saturated carbocycles. The van der Waals surface area contributed by atoms with Gasteiger partial charge in [0.1, 0.15) is 0 Å². The van der Waals surface area contributed by atoms with Gasteiger partial charge in [0.05, 0.1) is 6.10 Å². The minimum atomic E-state index is 0.0206. The molecule has 0 amide bonds. The van der Waals surface area contributed by atoms with Crippen molar-refractivity contribution in [2.75, 3.05) is 20.2 Å². The fourth-order valence-electron chi connectivity index (χ4n) is 0.972. The summed E-state index contributed by atoms with van der Waals surface area (Å²) in [6.45, 7) is 10.1. The van der Waals surface area contributed by atoms with Crippen LogP contribution >= 0.6 is 0 Å². The number of hydrogen-bond acceptors (Lipinski definition) is 3. The third-order valence-corrected chi connectivity index (χ3v) is 2.89. The SMILES string of the molecule is COC(C)CNC(C)(CN)C(C)C. The van der Waals surface area contributed by atoms with Gasteiger partial charge in [0.25, 0.3) is 0 Å². The Balaban J connectivity index is 3.98. The predicted molar refractivity (Wildman–Crippen MR) is 56.8 cm³/mol. The molecule has 3 N–H and O–H groups in total. The van der Waals surface area contributed by atoms with E-state index in [-0.39, 0.29) is 11.6 Å². The number of nitrogens with two attached hydrogens (primary N) is 1. The zero-order valence-electron chi connectivity index (χ0n) is 9.55. The van der Waals surface area contributed by atoms with Crippen LogP contribution in [0.4, 0.5) is 0 Å². The number of rotatable bonds is 6. The Morgan fingerprint density at radius 3 is 2.23 bits per heavy atom. The molecular weight excluding hydrogens is 164 g/mol. The van der Waals surface area contributed by atoms with Crippen molar-refractivity contribution < 1.29 is 4.74 Å². The van der Waals surface area contributed by atoms with Crippen molar-refractivity contribution in [2.24, 2.45) is 11.7 Å². The first-order valence-electron chi connectivity index (χ1n) is 4.94. The molecule has 0 aliphatic carbocycles. The van der Waals surface area contributed by atoms with Crippen molar-refractivity contribution in [2.45, 2.75) is 39.3 Å². The average molecular weight is 188 g/mol. The van der Waals surface area contributed by atoms with Crippen LogP contribution in [-0.2, 0) is 4.74 Å². The van der Waals surface area contributed by atoms with Crippen LogP contribution < -0.4 is 11.1 Å². The first-order chi connectivity index (χ1) is 5.96. The van der Waals surface area contributed by atoms with Crippen LogP contribution in [0.3, 0.4) is 0 Å². The molecule has 2 atom stereocenters.